The van der Waals surface area contributed by atoms with E-state index in [0.29, 0.717) is 12.8 Å². The fraction of sp³-hybridized carbons (Fsp3) is 0.371. The standard InChI is InChI=1S/C35H35N3O12/c1-6-26(39)49-9-10-50-34(48)25-14-23-22(13-24(25)33(46)47)29(42)37(30(23)43)8-7-17(2)15-35(3,4)16-38-31(44)20-11-18-19(12-21(20)32(38)45)28(41)36(5)27(18)40/h6,11-14,17,31,44H,1,7-10,15-16H2,2-5H3,(H,46,47). The molecule has 5 amide bonds. The second-order valence-corrected chi connectivity index (χ2v) is 13.2. The van der Waals surface area contributed by atoms with Crippen molar-refractivity contribution >= 4 is 47.4 Å². The average Bonchev–Trinajstić information content (AvgIpc) is 3.54. The van der Waals surface area contributed by atoms with Crippen LogP contribution in [0.3, 0.4) is 0 Å². The molecule has 2 aromatic carbocycles. The minimum absolute atomic E-state index is 0.0147. The fourth-order valence-corrected chi connectivity index (χ4v) is 6.63. The summed E-state index contributed by atoms with van der Waals surface area (Å²) in [6.45, 7) is 8.35. The minimum Gasteiger partial charge on any atom is -0.478 e. The van der Waals surface area contributed by atoms with Crippen molar-refractivity contribution < 1.29 is 58.0 Å². The van der Waals surface area contributed by atoms with Gasteiger partial charge >= 0.3 is 17.9 Å². The molecule has 0 saturated carbocycles. The maximum atomic E-state index is 13.3. The third-order valence-electron chi connectivity index (χ3n) is 8.96. The van der Waals surface area contributed by atoms with Crippen LogP contribution >= 0.6 is 0 Å². The van der Waals surface area contributed by atoms with Gasteiger partial charge < -0.3 is 24.6 Å². The number of hydrogen-bond acceptors (Lipinski definition) is 11. The van der Waals surface area contributed by atoms with Crippen LogP contribution in [0, 0.1) is 11.3 Å². The van der Waals surface area contributed by atoms with Gasteiger partial charge in [-0.05, 0) is 48.4 Å². The van der Waals surface area contributed by atoms with Gasteiger partial charge in [0.2, 0.25) is 0 Å². The molecule has 0 saturated heterocycles. The van der Waals surface area contributed by atoms with E-state index in [4.69, 9.17) is 9.47 Å². The van der Waals surface area contributed by atoms with Gasteiger partial charge in [-0.25, -0.2) is 14.4 Å². The van der Waals surface area contributed by atoms with Gasteiger partial charge in [-0.2, -0.15) is 0 Å². The van der Waals surface area contributed by atoms with Crippen LogP contribution in [-0.4, -0.2) is 106 Å². The molecular formula is C35H35N3O12. The zero-order valence-electron chi connectivity index (χ0n) is 27.8. The number of imide groups is 2. The van der Waals surface area contributed by atoms with Crippen LogP contribution in [0.15, 0.2) is 36.9 Å². The Hall–Kier alpha value is -5.70. The third-order valence-corrected chi connectivity index (χ3v) is 8.96. The van der Waals surface area contributed by atoms with Crippen LogP contribution in [0.5, 0.6) is 0 Å². The molecule has 3 heterocycles. The number of fused-ring (bicyclic) bond motifs is 3. The summed E-state index contributed by atoms with van der Waals surface area (Å²) in [4.78, 5) is 104. The number of carboxylic acid groups (broad SMARTS) is 1. The van der Waals surface area contributed by atoms with E-state index in [1.807, 2.05) is 20.8 Å². The summed E-state index contributed by atoms with van der Waals surface area (Å²) < 4.78 is 9.73. The summed E-state index contributed by atoms with van der Waals surface area (Å²) >= 11 is 0. The number of carbonyl (C=O) groups excluding carboxylic acids is 7. The molecule has 0 aliphatic carbocycles. The van der Waals surface area contributed by atoms with E-state index in [1.165, 1.54) is 24.1 Å². The van der Waals surface area contributed by atoms with Crippen molar-refractivity contribution in [2.45, 2.75) is 39.8 Å². The van der Waals surface area contributed by atoms with Gasteiger partial charge in [0.05, 0.1) is 33.4 Å². The van der Waals surface area contributed by atoms with E-state index in [1.54, 1.807) is 0 Å². The van der Waals surface area contributed by atoms with Crippen molar-refractivity contribution in [2.75, 3.05) is 33.4 Å². The van der Waals surface area contributed by atoms with Gasteiger partial charge in [0.1, 0.15) is 13.2 Å². The third kappa shape index (κ3) is 6.39. The first-order valence-corrected chi connectivity index (χ1v) is 15.7. The lowest BCUT2D eigenvalue weighted by Crippen LogP contribution is -2.38. The number of carboxylic acids is 1. The largest absolute Gasteiger partial charge is 0.478 e. The normalized spacial score (nSPS) is 17.2. The Morgan fingerprint density at radius 1 is 0.860 bits per heavy atom. The van der Waals surface area contributed by atoms with Gasteiger partial charge in [-0.15, -0.1) is 0 Å². The fourth-order valence-electron chi connectivity index (χ4n) is 6.63. The highest BCUT2D eigenvalue weighted by Crippen LogP contribution is 2.39. The first kappa shape index (κ1) is 35.6. The topological polar surface area (TPSA) is 205 Å². The Morgan fingerprint density at radius 2 is 1.42 bits per heavy atom. The van der Waals surface area contributed by atoms with Crippen molar-refractivity contribution in [1.82, 2.24) is 14.7 Å². The quantitative estimate of drug-likeness (QED) is 0.135. The van der Waals surface area contributed by atoms with Gasteiger partial charge in [-0.3, -0.25) is 33.8 Å². The van der Waals surface area contributed by atoms with Crippen molar-refractivity contribution in [3.8, 4) is 0 Å². The molecule has 3 aliphatic heterocycles. The van der Waals surface area contributed by atoms with Crippen molar-refractivity contribution in [2.24, 2.45) is 11.3 Å². The van der Waals surface area contributed by atoms with E-state index in [0.717, 1.165) is 28.0 Å². The number of hydrogen-bond donors (Lipinski definition) is 2. The summed E-state index contributed by atoms with van der Waals surface area (Å²) in [5, 5.41) is 20.8. The number of aliphatic hydroxyl groups excluding tert-OH is 1. The van der Waals surface area contributed by atoms with Crippen LogP contribution in [0.2, 0.25) is 0 Å². The maximum Gasteiger partial charge on any atom is 0.339 e. The highest BCUT2D eigenvalue weighted by Gasteiger charge is 2.43. The van der Waals surface area contributed by atoms with Gasteiger partial charge in [0, 0.05) is 37.3 Å². The zero-order valence-corrected chi connectivity index (χ0v) is 27.8. The van der Waals surface area contributed by atoms with Crippen LogP contribution in [0.25, 0.3) is 0 Å². The van der Waals surface area contributed by atoms with Crippen molar-refractivity contribution in [3.05, 3.63) is 81.4 Å². The lowest BCUT2D eigenvalue weighted by atomic mass is 9.81. The number of amides is 5. The molecule has 0 bridgehead atoms. The lowest BCUT2D eigenvalue weighted by Gasteiger charge is -2.34. The van der Waals surface area contributed by atoms with Crippen LogP contribution in [0.1, 0.15) is 118 Å². The molecule has 15 nitrogen and oxygen atoms in total. The van der Waals surface area contributed by atoms with E-state index >= 15 is 0 Å². The number of esters is 2. The van der Waals surface area contributed by atoms with Gasteiger partial charge in [0.25, 0.3) is 29.5 Å². The number of aromatic carboxylic acids is 1. The number of carbonyl (C=O) groups is 8. The first-order chi connectivity index (χ1) is 23.5. The minimum atomic E-state index is -1.52. The maximum absolute atomic E-state index is 13.3. The van der Waals surface area contributed by atoms with Gasteiger partial charge in [-0.1, -0.05) is 27.4 Å². The molecule has 262 valence electrons. The molecule has 50 heavy (non-hydrogen) atoms. The zero-order chi connectivity index (χ0) is 36.8. The van der Waals surface area contributed by atoms with E-state index in [9.17, 15) is 48.6 Å². The molecule has 0 aromatic heterocycles. The highest BCUT2D eigenvalue weighted by atomic mass is 16.6. The molecule has 0 spiro atoms. The molecule has 2 N–H and O–H groups in total. The summed E-state index contributed by atoms with van der Waals surface area (Å²) in [7, 11) is 1.35. The van der Waals surface area contributed by atoms with E-state index in [2.05, 4.69) is 6.58 Å². The predicted molar refractivity (Wildman–Crippen MR) is 171 cm³/mol. The van der Waals surface area contributed by atoms with E-state index in [-0.39, 0.29) is 65.6 Å². The molecule has 0 fully saturated rings. The average molecular weight is 690 g/mol. The molecule has 2 unspecified atom stereocenters. The molecule has 0 radical (unpaired) electrons. The molecule has 2 atom stereocenters. The van der Waals surface area contributed by atoms with Gasteiger partial charge in [0.15, 0.2) is 6.23 Å². The van der Waals surface area contributed by atoms with Crippen LogP contribution in [-0.2, 0) is 14.3 Å². The van der Waals surface area contributed by atoms with E-state index < -0.39 is 70.2 Å². The summed E-state index contributed by atoms with van der Waals surface area (Å²) in [6, 6.07) is 4.73. The van der Waals surface area contributed by atoms with Crippen molar-refractivity contribution in [3.63, 3.8) is 0 Å². The predicted octanol–water partition coefficient (Wildman–Crippen LogP) is 2.68. The second kappa shape index (κ2) is 13.3. The molecule has 5 rings (SSSR count). The number of nitrogens with zero attached hydrogens (tertiary/aromatic N) is 3. The van der Waals surface area contributed by atoms with Crippen LogP contribution in [0.4, 0.5) is 0 Å². The summed E-state index contributed by atoms with van der Waals surface area (Å²) in [6.07, 6.45) is 0.447. The molecule has 2 aromatic rings. The Bertz CT molecular complexity index is 1900. The number of rotatable bonds is 13. The number of aliphatic hydroxyl groups is 1. The Labute approximate surface area is 286 Å². The van der Waals surface area contributed by atoms with Crippen molar-refractivity contribution in [1.29, 1.82) is 0 Å². The summed E-state index contributed by atoms with van der Waals surface area (Å²) in [5.74, 6) is -6.37. The summed E-state index contributed by atoms with van der Waals surface area (Å²) in [5.41, 5.74) is -1.23. The Kier molecular flexibility index (Phi) is 9.48. The Balaban J connectivity index is 1.21. The lowest BCUT2D eigenvalue weighted by molar-refractivity contribution is -0.138. The Morgan fingerprint density at radius 3 is 2.02 bits per heavy atom. The number of ether oxygens (including phenoxy) is 2. The SMILES string of the molecule is C=CC(=O)OCCOC(=O)c1cc2c(cc1C(=O)O)C(=O)N(CCC(C)CC(C)(C)CN1C(=O)c3cc4c(cc3C1O)C(=O)N(C)C4=O)C2=O. The van der Waals surface area contributed by atoms with Crippen LogP contribution < -0.4 is 0 Å². The number of benzene rings is 2. The highest BCUT2D eigenvalue weighted by molar-refractivity contribution is 6.23. The first-order valence-electron chi connectivity index (χ1n) is 15.7. The smallest absolute Gasteiger partial charge is 0.339 e. The molecular weight excluding hydrogens is 654 g/mol. The molecule has 3 aliphatic rings. The monoisotopic (exact) mass is 689 g/mol. The molecule has 15 heteroatoms. The second-order valence-electron chi connectivity index (χ2n) is 13.2.